The zero-order valence-corrected chi connectivity index (χ0v) is 12.0. The van der Waals surface area contributed by atoms with Crippen LogP contribution in [0.4, 0.5) is 0 Å². The van der Waals surface area contributed by atoms with E-state index in [0.29, 0.717) is 6.61 Å². The number of hydrogen-bond donors (Lipinski definition) is 1. The van der Waals surface area contributed by atoms with E-state index in [2.05, 4.69) is 18.3 Å². The van der Waals surface area contributed by atoms with Crippen molar-refractivity contribution in [1.82, 2.24) is 5.32 Å². The van der Waals surface area contributed by atoms with E-state index >= 15 is 0 Å². The van der Waals surface area contributed by atoms with E-state index in [4.69, 9.17) is 9.47 Å². The number of para-hydroxylation sites is 1. The highest BCUT2D eigenvalue weighted by molar-refractivity contribution is 5.31. The van der Waals surface area contributed by atoms with Crippen LogP contribution in [0.25, 0.3) is 0 Å². The molecule has 0 saturated carbocycles. The minimum Gasteiger partial charge on any atom is -0.497 e. The van der Waals surface area contributed by atoms with Crippen LogP contribution in [0.3, 0.4) is 0 Å². The number of rotatable bonds is 7. The number of hydrogen-bond acceptors (Lipinski definition) is 3. The Morgan fingerprint density at radius 2 is 1.75 bits per heavy atom. The minimum absolute atomic E-state index is 0.148. The number of methoxy groups -OCH3 is 1. The number of benzene rings is 2. The van der Waals surface area contributed by atoms with Gasteiger partial charge < -0.3 is 14.8 Å². The molecule has 0 fully saturated rings. The van der Waals surface area contributed by atoms with E-state index in [9.17, 15) is 0 Å². The van der Waals surface area contributed by atoms with Gasteiger partial charge >= 0.3 is 0 Å². The third-order valence-electron chi connectivity index (χ3n) is 3.11. The standard InChI is InChI=1S/C17H21NO2/c1-3-18-17(13-20-15-9-5-4-6-10-15)14-8-7-11-16(12-14)19-2/h4-12,17-18H,3,13H2,1-2H3. The van der Waals surface area contributed by atoms with Gasteiger partial charge in [0.05, 0.1) is 13.2 Å². The molecule has 2 aromatic rings. The summed E-state index contributed by atoms with van der Waals surface area (Å²) in [5.41, 5.74) is 1.17. The molecule has 3 nitrogen and oxygen atoms in total. The molecule has 3 heteroatoms. The molecule has 1 atom stereocenters. The molecule has 20 heavy (non-hydrogen) atoms. The fraction of sp³-hybridized carbons (Fsp3) is 0.294. The summed E-state index contributed by atoms with van der Waals surface area (Å²) in [5.74, 6) is 1.75. The number of likely N-dealkylation sites (N-methyl/N-ethyl adjacent to an activating group) is 1. The quantitative estimate of drug-likeness (QED) is 0.837. The first-order valence-electron chi connectivity index (χ1n) is 6.88. The van der Waals surface area contributed by atoms with Crippen molar-refractivity contribution in [2.24, 2.45) is 0 Å². The topological polar surface area (TPSA) is 30.5 Å². The first-order chi connectivity index (χ1) is 9.83. The van der Waals surface area contributed by atoms with Crippen LogP contribution < -0.4 is 14.8 Å². The van der Waals surface area contributed by atoms with E-state index in [1.165, 1.54) is 5.56 Å². The lowest BCUT2D eigenvalue weighted by Crippen LogP contribution is -2.26. The third kappa shape index (κ3) is 4.00. The molecular weight excluding hydrogens is 250 g/mol. The van der Waals surface area contributed by atoms with Crippen LogP contribution in [0, 0.1) is 0 Å². The van der Waals surface area contributed by atoms with E-state index in [0.717, 1.165) is 18.0 Å². The summed E-state index contributed by atoms with van der Waals surface area (Å²) in [5, 5.41) is 3.44. The Bertz CT molecular complexity index is 513. The van der Waals surface area contributed by atoms with Crippen LogP contribution in [0.2, 0.25) is 0 Å². The Labute approximate surface area is 120 Å². The Balaban J connectivity index is 2.06. The lowest BCUT2D eigenvalue weighted by Gasteiger charge is -2.19. The Kier molecular flexibility index (Phi) is 5.44. The van der Waals surface area contributed by atoms with E-state index < -0.39 is 0 Å². The SMILES string of the molecule is CCNC(COc1ccccc1)c1cccc(OC)c1. The maximum atomic E-state index is 5.85. The molecule has 106 valence electrons. The zero-order valence-electron chi connectivity index (χ0n) is 12.0. The van der Waals surface area contributed by atoms with Crippen molar-refractivity contribution >= 4 is 0 Å². The van der Waals surface area contributed by atoms with Gasteiger partial charge in [0.2, 0.25) is 0 Å². The lowest BCUT2D eigenvalue weighted by molar-refractivity contribution is 0.268. The zero-order chi connectivity index (χ0) is 14.2. The van der Waals surface area contributed by atoms with Crippen molar-refractivity contribution in [1.29, 1.82) is 0 Å². The van der Waals surface area contributed by atoms with Gasteiger partial charge in [0.25, 0.3) is 0 Å². The molecule has 0 radical (unpaired) electrons. The van der Waals surface area contributed by atoms with Gasteiger partial charge in [-0.1, -0.05) is 37.3 Å². The first kappa shape index (κ1) is 14.4. The molecule has 0 amide bonds. The summed E-state index contributed by atoms with van der Waals surface area (Å²) in [6.45, 7) is 3.57. The maximum Gasteiger partial charge on any atom is 0.119 e. The van der Waals surface area contributed by atoms with E-state index in [1.54, 1.807) is 7.11 Å². The normalized spacial score (nSPS) is 11.9. The molecule has 0 saturated heterocycles. The summed E-state index contributed by atoms with van der Waals surface area (Å²) < 4.78 is 11.1. The Morgan fingerprint density at radius 3 is 2.45 bits per heavy atom. The fourth-order valence-corrected chi connectivity index (χ4v) is 2.07. The van der Waals surface area contributed by atoms with Crippen LogP contribution in [-0.4, -0.2) is 20.3 Å². The molecule has 2 aromatic carbocycles. The predicted molar refractivity (Wildman–Crippen MR) is 81.3 cm³/mol. The van der Waals surface area contributed by atoms with Crippen LogP contribution in [0.5, 0.6) is 11.5 Å². The Hall–Kier alpha value is -2.00. The predicted octanol–water partition coefficient (Wildman–Crippen LogP) is 3.42. The van der Waals surface area contributed by atoms with E-state index in [-0.39, 0.29) is 6.04 Å². The molecule has 1 N–H and O–H groups in total. The van der Waals surface area contributed by atoms with Crippen LogP contribution >= 0.6 is 0 Å². The van der Waals surface area contributed by atoms with Gasteiger partial charge in [0.15, 0.2) is 0 Å². The summed E-state index contributed by atoms with van der Waals surface area (Å²) >= 11 is 0. The summed E-state index contributed by atoms with van der Waals surface area (Å²) in [6.07, 6.45) is 0. The van der Waals surface area contributed by atoms with Gasteiger partial charge in [-0.25, -0.2) is 0 Å². The molecule has 0 aliphatic heterocycles. The maximum absolute atomic E-state index is 5.85. The summed E-state index contributed by atoms with van der Waals surface area (Å²) in [6, 6.07) is 18.1. The Morgan fingerprint density at radius 1 is 1.00 bits per heavy atom. The molecule has 0 bridgehead atoms. The second-order valence-corrected chi connectivity index (χ2v) is 4.51. The molecule has 2 rings (SSSR count). The molecule has 0 aromatic heterocycles. The van der Waals surface area contributed by atoms with Crippen molar-refractivity contribution in [2.75, 3.05) is 20.3 Å². The first-order valence-corrected chi connectivity index (χ1v) is 6.88. The lowest BCUT2D eigenvalue weighted by atomic mass is 10.1. The molecule has 0 spiro atoms. The molecule has 0 aliphatic carbocycles. The van der Waals surface area contributed by atoms with E-state index in [1.807, 2.05) is 48.5 Å². The average Bonchev–Trinajstić information content (AvgIpc) is 2.52. The third-order valence-corrected chi connectivity index (χ3v) is 3.11. The fourth-order valence-electron chi connectivity index (χ4n) is 2.07. The monoisotopic (exact) mass is 271 g/mol. The second-order valence-electron chi connectivity index (χ2n) is 4.51. The van der Waals surface area contributed by atoms with Crippen molar-refractivity contribution < 1.29 is 9.47 Å². The van der Waals surface area contributed by atoms with Crippen molar-refractivity contribution in [3.05, 3.63) is 60.2 Å². The minimum atomic E-state index is 0.148. The van der Waals surface area contributed by atoms with Gasteiger partial charge in [-0.05, 0) is 36.4 Å². The highest BCUT2D eigenvalue weighted by Gasteiger charge is 2.12. The van der Waals surface area contributed by atoms with Gasteiger partial charge in [-0.15, -0.1) is 0 Å². The highest BCUT2D eigenvalue weighted by Crippen LogP contribution is 2.20. The largest absolute Gasteiger partial charge is 0.497 e. The van der Waals surface area contributed by atoms with Gasteiger partial charge in [0, 0.05) is 0 Å². The number of nitrogens with one attached hydrogen (secondary N) is 1. The highest BCUT2D eigenvalue weighted by atomic mass is 16.5. The number of ether oxygens (including phenoxy) is 2. The molecular formula is C17H21NO2. The van der Waals surface area contributed by atoms with Gasteiger partial charge in [0.1, 0.15) is 18.1 Å². The average molecular weight is 271 g/mol. The molecule has 0 aliphatic rings. The van der Waals surface area contributed by atoms with Gasteiger partial charge in [-0.2, -0.15) is 0 Å². The molecule has 0 heterocycles. The smallest absolute Gasteiger partial charge is 0.119 e. The summed E-state index contributed by atoms with van der Waals surface area (Å²) in [7, 11) is 1.68. The van der Waals surface area contributed by atoms with Crippen molar-refractivity contribution in [3.8, 4) is 11.5 Å². The summed E-state index contributed by atoms with van der Waals surface area (Å²) in [4.78, 5) is 0. The van der Waals surface area contributed by atoms with Crippen LogP contribution in [-0.2, 0) is 0 Å². The molecule has 1 unspecified atom stereocenters. The van der Waals surface area contributed by atoms with Crippen molar-refractivity contribution in [3.63, 3.8) is 0 Å². The van der Waals surface area contributed by atoms with Gasteiger partial charge in [-0.3, -0.25) is 0 Å². The van der Waals surface area contributed by atoms with Crippen LogP contribution in [0.15, 0.2) is 54.6 Å². The van der Waals surface area contributed by atoms with Crippen LogP contribution in [0.1, 0.15) is 18.5 Å². The van der Waals surface area contributed by atoms with Crippen molar-refractivity contribution in [2.45, 2.75) is 13.0 Å². The second kappa shape index (κ2) is 7.56.